The largest absolute Gasteiger partial charge is 0.380 e. The van der Waals surface area contributed by atoms with E-state index in [0.29, 0.717) is 28.2 Å². The van der Waals surface area contributed by atoms with Crippen molar-refractivity contribution in [2.75, 3.05) is 5.73 Å². The van der Waals surface area contributed by atoms with Gasteiger partial charge in [0.2, 0.25) is 5.65 Å². The summed E-state index contributed by atoms with van der Waals surface area (Å²) in [6.07, 6.45) is -0.0710. The molecular weight excluding hydrogens is 385 g/mol. The molecule has 5 rings (SSSR count). The van der Waals surface area contributed by atoms with Crippen molar-refractivity contribution in [3.8, 4) is 22.5 Å². The molecule has 0 saturated carbocycles. The average molecular weight is 396 g/mol. The van der Waals surface area contributed by atoms with E-state index in [1.807, 2.05) is 0 Å². The van der Waals surface area contributed by atoms with Crippen LogP contribution in [0.2, 0.25) is 0 Å². The molecule has 0 spiro atoms. The lowest BCUT2D eigenvalue weighted by Crippen LogP contribution is -2.06. The van der Waals surface area contributed by atoms with Gasteiger partial charge in [-0.05, 0) is 46.8 Å². The number of alkyl halides is 2. The second-order valence-electron chi connectivity index (χ2n) is 6.25. The van der Waals surface area contributed by atoms with Crippen molar-refractivity contribution in [1.29, 1.82) is 0 Å². The van der Waals surface area contributed by atoms with Crippen LogP contribution >= 0.6 is 0 Å². The SMILES string of the molecule is Nc1nc(-c2ccc(F)cc2)c(-c2ccc3ncc(C(F)F)n3c2)n2nnnc12. The topological polar surface area (TPSA) is 99.3 Å². The molecule has 0 bridgehead atoms. The lowest BCUT2D eigenvalue weighted by atomic mass is 10.0. The van der Waals surface area contributed by atoms with Crippen molar-refractivity contribution >= 4 is 17.1 Å². The van der Waals surface area contributed by atoms with Crippen LogP contribution in [-0.4, -0.2) is 34.4 Å². The molecule has 8 nitrogen and oxygen atoms in total. The molecule has 2 N–H and O–H groups in total. The van der Waals surface area contributed by atoms with Crippen LogP contribution in [0.4, 0.5) is 19.0 Å². The van der Waals surface area contributed by atoms with E-state index in [2.05, 4.69) is 25.5 Å². The van der Waals surface area contributed by atoms with E-state index in [4.69, 9.17) is 5.73 Å². The molecule has 4 heterocycles. The number of nitrogens with zero attached hydrogens (tertiary/aromatic N) is 7. The average Bonchev–Trinajstić information content (AvgIpc) is 3.35. The number of imidazole rings is 1. The molecule has 0 aliphatic rings. The Labute approximate surface area is 160 Å². The minimum absolute atomic E-state index is 0.0788. The molecule has 0 fully saturated rings. The number of hydrogen-bond acceptors (Lipinski definition) is 6. The first kappa shape index (κ1) is 17.1. The van der Waals surface area contributed by atoms with Crippen molar-refractivity contribution in [3.63, 3.8) is 0 Å². The number of rotatable bonds is 3. The van der Waals surface area contributed by atoms with Gasteiger partial charge in [0.15, 0.2) is 5.82 Å². The Balaban J connectivity index is 1.84. The Morgan fingerprint density at radius 3 is 2.52 bits per heavy atom. The summed E-state index contributed by atoms with van der Waals surface area (Å²) in [7, 11) is 0. The van der Waals surface area contributed by atoms with Gasteiger partial charge in [-0.1, -0.05) is 0 Å². The molecule has 29 heavy (non-hydrogen) atoms. The fraction of sp³-hybridized carbons (Fsp3) is 0.0556. The van der Waals surface area contributed by atoms with Gasteiger partial charge in [-0.25, -0.2) is 23.1 Å². The third-order valence-corrected chi connectivity index (χ3v) is 4.52. The smallest absolute Gasteiger partial charge is 0.280 e. The molecule has 0 aliphatic heterocycles. The van der Waals surface area contributed by atoms with E-state index in [1.165, 1.54) is 39.4 Å². The molecule has 0 amide bonds. The number of aromatic nitrogens is 7. The van der Waals surface area contributed by atoms with Gasteiger partial charge in [0.1, 0.15) is 22.9 Å². The minimum Gasteiger partial charge on any atom is -0.380 e. The molecular formula is C18H11F3N8. The lowest BCUT2D eigenvalue weighted by molar-refractivity contribution is 0.145. The molecule has 0 atom stereocenters. The second kappa shape index (κ2) is 6.26. The second-order valence-corrected chi connectivity index (χ2v) is 6.25. The summed E-state index contributed by atoms with van der Waals surface area (Å²) in [6.45, 7) is 0. The Kier molecular flexibility index (Phi) is 3.69. The van der Waals surface area contributed by atoms with E-state index in [9.17, 15) is 13.2 Å². The van der Waals surface area contributed by atoms with Crippen LogP contribution in [0.1, 0.15) is 12.1 Å². The molecule has 0 radical (unpaired) electrons. The first-order chi connectivity index (χ1) is 14.0. The molecule has 144 valence electrons. The van der Waals surface area contributed by atoms with Gasteiger partial charge in [0.25, 0.3) is 6.43 Å². The number of benzene rings is 1. The number of halogens is 3. The lowest BCUT2D eigenvalue weighted by Gasteiger charge is -2.12. The molecule has 1 aromatic carbocycles. The highest BCUT2D eigenvalue weighted by Crippen LogP contribution is 2.33. The summed E-state index contributed by atoms with van der Waals surface area (Å²) < 4.78 is 42.8. The monoisotopic (exact) mass is 396 g/mol. The molecule has 11 heteroatoms. The summed E-state index contributed by atoms with van der Waals surface area (Å²) >= 11 is 0. The Morgan fingerprint density at radius 1 is 1.00 bits per heavy atom. The van der Waals surface area contributed by atoms with Gasteiger partial charge in [-0.15, -0.1) is 5.10 Å². The van der Waals surface area contributed by atoms with E-state index < -0.39 is 12.2 Å². The quantitative estimate of drug-likeness (QED) is 0.503. The molecule has 4 aromatic heterocycles. The van der Waals surface area contributed by atoms with Crippen LogP contribution in [0, 0.1) is 5.82 Å². The normalized spacial score (nSPS) is 11.7. The first-order valence-corrected chi connectivity index (χ1v) is 8.42. The first-order valence-electron chi connectivity index (χ1n) is 8.42. The predicted octanol–water partition coefficient (Wildman–Crippen LogP) is 3.16. The number of fused-ring (bicyclic) bond motifs is 2. The van der Waals surface area contributed by atoms with Gasteiger partial charge in [-0.2, -0.15) is 4.52 Å². The standard InChI is InChI=1S/C18H11F3N8/c19-11-4-1-9(2-5-11)14-15(29-18(17(22)24-14)25-26-27-29)10-3-6-13-23-7-12(16(20)21)28(13)8-10/h1-8,16H,(H2,22,24). The van der Waals surface area contributed by atoms with Gasteiger partial charge in [0, 0.05) is 17.3 Å². The number of anilines is 1. The highest BCUT2D eigenvalue weighted by molar-refractivity contribution is 5.82. The van der Waals surface area contributed by atoms with Gasteiger partial charge in [0.05, 0.1) is 11.9 Å². The van der Waals surface area contributed by atoms with E-state index in [0.717, 1.165) is 6.20 Å². The van der Waals surface area contributed by atoms with Crippen molar-refractivity contribution < 1.29 is 13.2 Å². The van der Waals surface area contributed by atoms with E-state index in [1.54, 1.807) is 12.1 Å². The van der Waals surface area contributed by atoms with Gasteiger partial charge in [-0.3, -0.25) is 4.40 Å². The van der Waals surface area contributed by atoms with Crippen LogP contribution in [0.5, 0.6) is 0 Å². The Hall–Kier alpha value is -4.02. The van der Waals surface area contributed by atoms with Gasteiger partial charge >= 0.3 is 0 Å². The summed E-state index contributed by atoms with van der Waals surface area (Å²) in [5, 5.41) is 11.5. The highest BCUT2D eigenvalue weighted by atomic mass is 19.3. The fourth-order valence-electron chi connectivity index (χ4n) is 3.19. The predicted molar refractivity (Wildman–Crippen MR) is 97.5 cm³/mol. The van der Waals surface area contributed by atoms with Crippen LogP contribution in [0.15, 0.2) is 48.8 Å². The summed E-state index contributed by atoms with van der Waals surface area (Å²) in [5.41, 5.74) is 8.18. The molecule has 0 saturated heterocycles. The number of tetrazole rings is 1. The zero-order chi connectivity index (χ0) is 20.1. The third-order valence-electron chi connectivity index (χ3n) is 4.52. The van der Waals surface area contributed by atoms with Crippen molar-refractivity contribution in [2.45, 2.75) is 6.43 Å². The Morgan fingerprint density at radius 2 is 1.76 bits per heavy atom. The zero-order valence-corrected chi connectivity index (χ0v) is 14.5. The van der Waals surface area contributed by atoms with Crippen molar-refractivity contribution in [2.24, 2.45) is 0 Å². The van der Waals surface area contributed by atoms with E-state index in [-0.39, 0.29) is 17.2 Å². The number of nitrogen functional groups attached to an aromatic ring is 1. The number of nitrogens with two attached hydrogens (primary N) is 1. The van der Waals surface area contributed by atoms with Crippen LogP contribution < -0.4 is 5.73 Å². The molecule has 0 unspecified atom stereocenters. The summed E-state index contributed by atoms with van der Waals surface area (Å²) in [5.74, 6) is -0.330. The minimum atomic E-state index is -2.70. The third kappa shape index (κ3) is 2.66. The molecule has 0 aliphatic carbocycles. The van der Waals surface area contributed by atoms with Crippen molar-refractivity contribution in [1.82, 2.24) is 34.4 Å². The number of hydrogen-bond donors (Lipinski definition) is 1. The Bertz CT molecular complexity index is 1360. The van der Waals surface area contributed by atoms with Crippen LogP contribution in [0.25, 0.3) is 33.8 Å². The maximum absolute atomic E-state index is 13.4. The van der Waals surface area contributed by atoms with E-state index >= 15 is 0 Å². The number of pyridine rings is 1. The summed E-state index contributed by atoms with van der Waals surface area (Å²) in [4.78, 5) is 8.38. The van der Waals surface area contributed by atoms with Crippen LogP contribution in [-0.2, 0) is 0 Å². The highest BCUT2D eigenvalue weighted by Gasteiger charge is 2.20. The maximum Gasteiger partial charge on any atom is 0.280 e. The van der Waals surface area contributed by atoms with Crippen molar-refractivity contribution in [3.05, 3.63) is 60.3 Å². The fourth-order valence-corrected chi connectivity index (χ4v) is 3.19. The summed E-state index contributed by atoms with van der Waals surface area (Å²) in [6, 6.07) is 8.94. The zero-order valence-electron chi connectivity index (χ0n) is 14.5. The van der Waals surface area contributed by atoms with Gasteiger partial charge < -0.3 is 5.73 Å². The maximum atomic E-state index is 13.4. The molecule has 5 aromatic rings. The van der Waals surface area contributed by atoms with Crippen LogP contribution in [0.3, 0.4) is 0 Å².